The van der Waals surface area contributed by atoms with Gasteiger partial charge in [0.05, 0.1) is 17.4 Å². The molecule has 0 aliphatic carbocycles. The molecule has 7 nitrogen and oxygen atoms in total. The zero-order valence-electron chi connectivity index (χ0n) is 14.4. The van der Waals surface area contributed by atoms with Crippen LogP contribution in [-0.4, -0.2) is 46.0 Å². The summed E-state index contributed by atoms with van der Waals surface area (Å²) >= 11 is 0. The Kier molecular flexibility index (Phi) is 5.53. The normalized spacial score (nSPS) is 15.4. The molecule has 0 bridgehead atoms. The third-order valence-electron chi connectivity index (χ3n) is 4.77. The minimum Gasteiger partial charge on any atom is -0.370 e. The van der Waals surface area contributed by atoms with Gasteiger partial charge >= 0.3 is 6.03 Å². The van der Waals surface area contributed by atoms with Crippen LogP contribution in [0.4, 0.5) is 4.79 Å². The molecule has 1 aromatic carbocycles. The Balaban J connectivity index is 1.38. The summed E-state index contributed by atoms with van der Waals surface area (Å²) < 4.78 is 2.11. The zero-order valence-corrected chi connectivity index (χ0v) is 14.4. The predicted molar refractivity (Wildman–Crippen MR) is 95.9 cm³/mol. The predicted octanol–water partition coefficient (Wildman–Crippen LogP) is 1.72. The number of piperidine rings is 1. The lowest BCUT2D eigenvalue weighted by Crippen LogP contribution is -2.45. The number of aryl methyl sites for hydroxylation is 1. The number of benzene rings is 1. The molecular formula is C18H25N5O2. The molecule has 3 rings (SSSR count). The van der Waals surface area contributed by atoms with Crippen molar-refractivity contribution in [3.63, 3.8) is 0 Å². The van der Waals surface area contributed by atoms with Crippen LogP contribution in [0.2, 0.25) is 0 Å². The lowest BCUT2D eigenvalue weighted by molar-refractivity contribution is -0.119. The van der Waals surface area contributed by atoms with Gasteiger partial charge in [-0.15, -0.1) is 0 Å². The minimum atomic E-state index is -0.255. The van der Waals surface area contributed by atoms with Crippen molar-refractivity contribution in [3.05, 3.63) is 30.6 Å². The van der Waals surface area contributed by atoms with Gasteiger partial charge in [-0.05, 0) is 37.3 Å². The molecule has 2 heterocycles. The van der Waals surface area contributed by atoms with Gasteiger partial charge in [-0.2, -0.15) is 0 Å². The molecule has 7 heteroatoms. The summed E-state index contributed by atoms with van der Waals surface area (Å²) in [7, 11) is 0. The summed E-state index contributed by atoms with van der Waals surface area (Å²) in [5.74, 6) is 0.0611. The molecule has 1 saturated heterocycles. The number of hydrogen-bond donors (Lipinski definition) is 2. The van der Waals surface area contributed by atoms with E-state index in [0.29, 0.717) is 32.0 Å². The average Bonchev–Trinajstić information content (AvgIpc) is 3.02. The number of nitrogens with two attached hydrogens (primary N) is 1. The molecule has 0 spiro atoms. The monoisotopic (exact) mass is 343 g/mol. The van der Waals surface area contributed by atoms with Crippen LogP contribution in [0.15, 0.2) is 30.6 Å². The summed E-state index contributed by atoms with van der Waals surface area (Å²) in [6.07, 6.45) is 4.81. The number of primary amides is 1. The summed E-state index contributed by atoms with van der Waals surface area (Å²) in [6, 6.07) is 8.01. The highest BCUT2D eigenvalue weighted by Crippen LogP contribution is 2.20. The smallest absolute Gasteiger partial charge is 0.317 e. The summed E-state index contributed by atoms with van der Waals surface area (Å²) in [5, 5.41) is 2.98. The number of nitrogens with one attached hydrogen (secondary N) is 1. The van der Waals surface area contributed by atoms with Crippen molar-refractivity contribution in [2.45, 2.75) is 32.2 Å². The maximum absolute atomic E-state index is 12.2. The molecule has 0 saturated carbocycles. The summed E-state index contributed by atoms with van der Waals surface area (Å²) in [5.41, 5.74) is 7.34. The highest BCUT2D eigenvalue weighted by Gasteiger charge is 2.23. The minimum absolute atomic E-state index is 0.0204. The van der Waals surface area contributed by atoms with Gasteiger partial charge in [0.25, 0.3) is 0 Å². The standard InChI is InChI=1S/C18H25N5O2/c19-17(24)12-14-6-10-22(11-7-14)18(25)20-8-3-9-23-13-21-15-4-1-2-5-16(15)23/h1-2,4-5,13-14H,3,6-12H2,(H2,19,24)(H,20,25). The number of amides is 3. The van der Waals surface area contributed by atoms with Crippen LogP contribution in [0.3, 0.4) is 0 Å². The van der Waals surface area contributed by atoms with Crippen molar-refractivity contribution in [1.29, 1.82) is 0 Å². The van der Waals surface area contributed by atoms with Crippen molar-refractivity contribution < 1.29 is 9.59 Å². The van der Waals surface area contributed by atoms with E-state index < -0.39 is 0 Å². The number of imidazole rings is 1. The Morgan fingerprint density at radius 2 is 2.00 bits per heavy atom. The van der Waals surface area contributed by atoms with E-state index >= 15 is 0 Å². The largest absolute Gasteiger partial charge is 0.370 e. The van der Waals surface area contributed by atoms with Crippen molar-refractivity contribution in [3.8, 4) is 0 Å². The molecule has 1 fully saturated rings. The quantitative estimate of drug-likeness (QED) is 0.782. The first kappa shape index (κ1) is 17.3. The molecule has 3 N–H and O–H groups in total. The SMILES string of the molecule is NC(=O)CC1CCN(C(=O)NCCCn2cnc3ccccc32)CC1. The van der Waals surface area contributed by atoms with E-state index in [2.05, 4.69) is 20.9 Å². The van der Waals surface area contributed by atoms with Gasteiger partial charge in [-0.3, -0.25) is 4.79 Å². The van der Waals surface area contributed by atoms with Gasteiger partial charge in [-0.25, -0.2) is 9.78 Å². The highest BCUT2D eigenvalue weighted by molar-refractivity contribution is 5.75. The third kappa shape index (κ3) is 4.49. The highest BCUT2D eigenvalue weighted by atomic mass is 16.2. The number of fused-ring (bicyclic) bond motifs is 1. The fraction of sp³-hybridized carbons (Fsp3) is 0.500. The number of rotatable bonds is 6. The second-order valence-electron chi connectivity index (χ2n) is 6.61. The van der Waals surface area contributed by atoms with E-state index in [4.69, 9.17) is 5.73 Å². The molecule has 1 aromatic heterocycles. The molecule has 134 valence electrons. The lowest BCUT2D eigenvalue weighted by atomic mass is 9.93. The number of carbonyl (C=O) groups excluding carboxylic acids is 2. The number of likely N-dealkylation sites (tertiary alicyclic amines) is 1. The van der Waals surface area contributed by atoms with Crippen LogP contribution in [0, 0.1) is 5.92 Å². The first-order chi connectivity index (χ1) is 12.1. The maximum atomic E-state index is 12.2. The first-order valence-corrected chi connectivity index (χ1v) is 8.84. The summed E-state index contributed by atoms with van der Waals surface area (Å²) in [4.78, 5) is 29.4. The van der Waals surface area contributed by atoms with Gasteiger partial charge < -0.3 is 20.5 Å². The van der Waals surface area contributed by atoms with E-state index in [1.807, 2.05) is 29.4 Å². The number of urea groups is 1. The molecule has 3 amide bonds. The molecule has 0 atom stereocenters. The molecule has 2 aromatic rings. The van der Waals surface area contributed by atoms with Gasteiger partial charge in [-0.1, -0.05) is 12.1 Å². The van der Waals surface area contributed by atoms with Crippen LogP contribution in [0.25, 0.3) is 11.0 Å². The Morgan fingerprint density at radius 1 is 1.24 bits per heavy atom. The van der Waals surface area contributed by atoms with Crippen molar-refractivity contribution >= 4 is 23.0 Å². The Bertz CT molecular complexity index is 734. The number of hydrogen-bond acceptors (Lipinski definition) is 3. The van der Waals surface area contributed by atoms with Gasteiger partial charge in [0.15, 0.2) is 0 Å². The van der Waals surface area contributed by atoms with Crippen LogP contribution >= 0.6 is 0 Å². The number of nitrogens with zero attached hydrogens (tertiary/aromatic N) is 3. The van der Waals surface area contributed by atoms with Crippen LogP contribution in [0.1, 0.15) is 25.7 Å². The van der Waals surface area contributed by atoms with E-state index in [1.54, 1.807) is 0 Å². The molecule has 0 unspecified atom stereocenters. The van der Waals surface area contributed by atoms with Gasteiger partial charge in [0.2, 0.25) is 5.91 Å². The zero-order chi connectivity index (χ0) is 17.6. The molecule has 25 heavy (non-hydrogen) atoms. The lowest BCUT2D eigenvalue weighted by Gasteiger charge is -2.31. The van der Waals surface area contributed by atoms with Crippen LogP contribution in [-0.2, 0) is 11.3 Å². The Morgan fingerprint density at radius 3 is 2.76 bits per heavy atom. The molecule has 0 radical (unpaired) electrons. The third-order valence-corrected chi connectivity index (χ3v) is 4.77. The van der Waals surface area contributed by atoms with E-state index in [0.717, 1.165) is 36.8 Å². The average molecular weight is 343 g/mol. The second-order valence-corrected chi connectivity index (χ2v) is 6.61. The first-order valence-electron chi connectivity index (χ1n) is 8.84. The van der Waals surface area contributed by atoms with Crippen LogP contribution < -0.4 is 11.1 Å². The van der Waals surface area contributed by atoms with E-state index in [9.17, 15) is 9.59 Å². The van der Waals surface area contributed by atoms with E-state index in [1.165, 1.54) is 0 Å². The number of aromatic nitrogens is 2. The summed E-state index contributed by atoms with van der Waals surface area (Å²) in [6.45, 7) is 2.83. The van der Waals surface area contributed by atoms with Crippen molar-refractivity contribution in [2.75, 3.05) is 19.6 Å². The van der Waals surface area contributed by atoms with Crippen molar-refractivity contribution in [1.82, 2.24) is 19.8 Å². The number of carbonyl (C=O) groups is 2. The Hall–Kier alpha value is -2.57. The Labute approximate surface area is 147 Å². The maximum Gasteiger partial charge on any atom is 0.317 e. The molecular weight excluding hydrogens is 318 g/mol. The fourth-order valence-corrected chi connectivity index (χ4v) is 3.37. The molecule has 1 aliphatic rings. The van der Waals surface area contributed by atoms with Gasteiger partial charge in [0.1, 0.15) is 0 Å². The topological polar surface area (TPSA) is 93.3 Å². The molecule has 1 aliphatic heterocycles. The van der Waals surface area contributed by atoms with Crippen LogP contribution in [0.5, 0.6) is 0 Å². The second kappa shape index (κ2) is 8.00. The van der Waals surface area contributed by atoms with Crippen molar-refractivity contribution in [2.24, 2.45) is 11.7 Å². The fourth-order valence-electron chi connectivity index (χ4n) is 3.37. The number of para-hydroxylation sites is 2. The van der Waals surface area contributed by atoms with Gasteiger partial charge in [0, 0.05) is 32.6 Å². The van der Waals surface area contributed by atoms with E-state index in [-0.39, 0.29) is 11.9 Å².